The van der Waals surface area contributed by atoms with Crippen LogP contribution in [0.1, 0.15) is 68.2 Å². The first kappa shape index (κ1) is 24.1. The van der Waals surface area contributed by atoms with Crippen LogP contribution in [0.25, 0.3) is 0 Å². The molecule has 0 saturated carbocycles. The van der Waals surface area contributed by atoms with Gasteiger partial charge < -0.3 is 18.7 Å². The van der Waals surface area contributed by atoms with Crippen LogP contribution in [0, 0.1) is 0 Å². The average molecular weight is 402 g/mol. The topological polar surface area (TPSA) is 65.1 Å². The van der Waals surface area contributed by atoms with E-state index < -0.39 is 25.7 Å². The Morgan fingerprint density at radius 1 is 1.26 bits per heavy atom. The lowest BCUT2D eigenvalue weighted by Crippen LogP contribution is -2.56. The van der Waals surface area contributed by atoms with Gasteiger partial charge in [0, 0.05) is 6.42 Å². The molecule has 0 aromatic carbocycles. The van der Waals surface area contributed by atoms with Crippen LogP contribution in [0.4, 0.5) is 4.79 Å². The lowest BCUT2D eigenvalue weighted by Gasteiger charge is -2.41. The number of rotatable bonds is 9. The molecule has 1 heterocycles. The second-order valence-electron chi connectivity index (χ2n) is 8.82. The Kier molecular flexibility index (Phi) is 8.50. The number of amides is 1. The van der Waals surface area contributed by atoms with Crippen molar-refractivity contribution in [3.05, 3.63) is 0 Å². The summed E-state index contributed by atoms with van der Waals surface area (Å²) in [6, 6.07) is 2.79. The van der Waals surface area contributed by atoms with Crippen molar-refractivity contribution in [1.82, 2.24) is 4.90 Å². The van der Waals surface area contributed by atoms with Crippen molar-refractivity contribution < 1.29 is 23.5 Å². The van der Waals surface area contributed by atoms with Gasteiger partial charge in [-0.05, 0) is 59.2 Å². The molecule has 6 nitrogen and oxygen atoms in total. The molecule has 1 saturated heterocycles. The van der Waals surface area contributed by atoms with Crippen LogP contribution in [0.2, 0.25) is 18.1 Å². The molecule has 0 bridgehead atoms. The number of hydrogen-bond acceptors (Lipinski definition) is 5. The second kappa shape index (κ2) is 9.52. The molecule has 1 aliphatic rings. The van der Waals surface area contributed by atoms with Crippen molar-refractivity contribution in [1.29, 1.82) is 0 Å². The van der Waals surface area contributed by atoms with Crippen molar-refractivity contribution in [3.8, 4) is 0 Å². The Morgan fingerprint density at radius 3 is 2.26 bits per heavy atom. The van der Waals surface area contributed by atoms with E-state index in [-0.39, 0.29) is 12.1 Å². The molecule has 0 aromatic heterocycles. The van der Waals surface area contributed by atoms with E-state index in [0.717, 1.165) is 24.4 Å². The van der Waals surface area contributed by atoms with Crippen LogP contribution < -0.4 is 0 Å². The molecule has 0 aliphatic carbocycles. The number of hydrogen-bond donors (Lipinski definition) is 0. The fraction of sp³-hybridized carbons (Fsp3) is 0.900. The highest BCUT2D eigenvalue weighted by molar-refractivity contribution is 6.73. The Balaban J connectivity index is 3.17. The summed E-state index contributed by atoms with van der Waals surface area (Å²) >= 11 is 0. The number of nitrogens with zero attached hydrogens (tertiary/aromatic N) is 1. The predicted molar refractivity (Wildman–Crippen MR) is 109 cm³/mol. The van der Waals surface area contributed by atoms with Gasteiger partial charge in [-0.2, -0.15) is 0 Å². The smallest absolute Gasteiger partial charge is 0.412 e. The van der Waals surface area contributed by atoms with Gasteiger partial charge >= 0.3 is 6.09 Å². The Morgan fingerprint density at radius 2 is 1.81 bits per heavy atom. The molecular weight excluding hydrogens is 362 g/mol. The average Bonchev–Trinajstić information content (AvgIpc) is 2.89. The molecule has 0 aromatic rings. The minimum absolute atomic E-state index is 0.226. The number of ether oxygens (including phenoxy) is 2. The Hall–Kier alpha value is -0.923. The van der Waals surface area contributed by atoms with Crippen molar-refractivity contribution in [3.63, 3.8) is 0 Å². The summed E-state index contributed by atoms with van der Waals surface area (Å²) in [7, 11) is -1.91. The fourth-order valence-corrected chi connectivity index (χ4v) is 6.57. The third-order valence-electron chi connectivity index (χ3n) is 5.44. The summed E-state index contributed by atoms with van der Waals surface area (Å²) in [5, 5.41) is 0. The predicted octanol–water partition coefficient (Wildman–Crippen LogP) is 4.73. The minimum atomic E-state index is -1.91. The highest BCUT2D eigenvalue weighted by Crippen LogP contribution is 2.35. The van der Waals surface area contributed by atoms with Crippen molar-refractivity contribution >= 4 is 20.7 Å². The molecule has 1 rings (SSSR count). The summed E-state index contributed by atoms with van der Waals surface area (Å²) in [6.07, 6.45) is 1.29. The maximum absolute atomic E-state index is 12.9. The first-order valence-electron chi connectivity index (χ1n) is 10.2. The zero-order valence-corrected chi connectivity index (χ0v) is 19.5. The number of carbonyl (C=O) groups is 2. The number of aldehydes is 1. The van der Waals surface area contributed by atoms with Crippen LogP contribution in [0.3, 0.4) is 0 Å². The fourth-order valence-electron chi connectivity index (χ4n) is 3.66. The quantitative estimate of drug-likeness (QED) is 0.413. The summed E-state index contributed by atoms with van der Waals surface area (Å²) in [6.45, 7) is 16.2. The van der Waals surface area contributed by atoms with E-state index in [1.807, 2.05) is 34.6 Å². The molecule has 0 N–H and O–H groups in total. The zero-order chi connectivity index (χ0) is 20.9. The highest BCUT2D eigenvalue weighted by atomic mass is 28.4. The molecule has 0 unspecified atom stereocenters. The molecule has 0 spiro atoms. The molecule has 2 atom stereocenters. The summed E-state index contributed by atoms with van der Waals surface area (Å²) in [4.78, 5) is 25.7. The maximum Gasteiger partial charge on any atom is 0.412 e. The van der Waals surface area contributed by atoms with Gasteiger partial charge in [-0.15, -0.1) is 0 Å². The van der Waals surface area contributed by atoms with Gasteiger partial charge in [-0.3, -0.25) is 4.90 Å². The molecular formula is C20H39NO5Si. The van der Waals surface area contributed by atoms with Gasteiger partial charge in [0.2, 0.25) is 0 Å². The van der Waals surface area contributed by atoms with Crippen molar-refractivity contribution in [2.45, 2.75) is 110 Å². The van der Waals surface area contributed by atoms with Gasteiger partial charge in [0.15, 0.2) is 8.32 Å². The lowest BCUT2D eigenvalue weighted by atomic mass is 10.1. The Labute approximate surface area is 166 Å². The molecule has 0 radical (unpaired) electrons. The largest absolute Gasteiger partial charge is 0.444 e. The van der Waals surface area contributed by atoms with Gasteiger partial charge in [-0.25, -0.2) is 4.79 Å². The minimum Gasteiger partial charge on any atom is -0.444 e. The SMILES string of the molecule is CC[Si](CC)(CC)O[C@@H](CCC=O)[C@@H]1COC(C)(C)N1C(=O)OC(C)(C)C. The van der Waals surface area contributed by atoms with E-state index in [1.54, 1.807) is 4.90 Å². The number of carbonyl (C=O) groups excluding carboxylic acids is 2. The van der Waals surface area contributed by atoms with Gasteiger partial charge in [-0.1, -0.05) is 20.8 Å². The van der Waals surface area contributed by atoms with E-state index in [2.05, 4.69) is 20.8 Å². The van der Waals surface area contributed by atoms with Crippen molar-refractivity contribution in [2.75, 3.05) is 6.61 Å². The maximum atomic E-state index is 12.9. The van der Waals surface area contributed by atoms with E-state index in [9.17, 15) is 9.59 Å². The van der Waals surface area contributed by atoms with Gasteiger partial charge in [0.25, 0.3) is 0 Å². The summed E-state index contributed by atoms with van der Waals surface area (Å²) in [5.41, 5.74) is -1.36. The van der Waals surface area contributed by atoms with Crippen LogP contribution in [-0.2, 0) is 18.7 Å². The van der Waals surface area contributed by atoms with Gasteiger partial charge in [0.1, 0.15) is 17.6 Å². The molecule has 1 fully saturated rings. The van der Waals surface area contributed by atoms with Crippen LogP contribution >= 0.6 is 0 Å². The van der Waals surface area contributed by atoms with Crippen LogP contribution in [-0.4, -0.2) is 55.7 Å². The second-order valence-corrected chi connectivity index (χ2v) is 13.5. The van der Waals surface area contributed by atoms with E-state index >= 15 is 0 Å². The van der Waals surface area contributed by atoms with E-state index in [0.29, 0.717) is 19.4 Å². The van der Waals surface area contributed by atoms with Gasteiger partial charge in [0.05, 0.1) is 18.8 Å². The third kappa shape index (κ3) is 6.29. The molecule has 158 valence electrons. The van der Waals surface area contributed by atoms with E-state index in [1.165, 1.54) is 0 Å². The summed E-state index contributed by atoms with van der Waals surface area (Å²) in [5.74, 6) is 0. The first-order valence-corrected chi connectivity index (χ1v) is 12.8. The van der Waals surface area contributed by atoms with Crippen LogP contribution in [0.15, 0.2) is 0 Å². The van der Waals surface area contributed by atoms with Crippen molar-refractivity contribution in [2.24, 2.45) is 0 Å². The van der Waals surface area contributed by atoms with Crippen LogP contribution in [0.5, 0.6) is 0 Å². The monoisotopic (exact) mass is 401 g/mol. The third-order valence-corrected chi connectivity index (χ3v) is 10.1. The summed E-state index contributed by atoms with van der Waals surface area (Å²) < 4.78 is 18.3. The van der Waals surface area contributed by atoms with E-state index in [4.69, 9.17) is 13.9 Å². The molecule has 27 heavy (non-hydrogen) atoms. The molecule has 1 aliphatic heterocycles. The normalized spacial score (nSPS) is 21.2. The standard InChI is InChI=1S/C20H39NO5Si/c1-9-27(10-2,11-3)26-17(13-12-14-22)16-15-24-20(7,8)21(16)18(23)25-19(4,5)6/h14,16-17H,9-13,15H2,1-8H3/t16-,17-/m0/s1. The highest BCUT2D eigenvalue weighted by Gasteiger charge is 2.50. The Bertz CT molecular complexity index is 491. The zero-order valence-electron chi connectivity index (χ0n) is 18.5. The first-order chi connectivity index (χ1) is 12.4. The molecule has 1 amide bonds. The lowest BCUT2D eigenvalue weighted by molar-refractivity contribution is -0.108. The molecule has 7 heteroatoms.